The topological polar surface area (TPSA) is 127 Å². The Hall–Kier alpha value is -4.28. The summed E-state index contributed by atoms with van der Waals surface area (Å²) in [6, 6.07) is 3.79. The van der Waals surface area contributed by atoms with E-state index in [1.807, 2.05) is 25.5 Å². The number of pyridine rings is 1. The maximum absolute atomic E-state index is 12.6. The largest absolute Gasteiger partial charge is 0.370 e. The van der Waals surface area contributed by atoms with Crippen LogP contribution < -0.4 is 10.2 Å². The molecule has 3 fully saturated rings. The van der Waals surface area contributed by atoms with E-state index in [2.05, 4.69) is 59.2 Å². The molecule has 13 heteroatoms. The van der Waals surface area contributed by atoms with Gasteiger partial charge < -0.3 is 15.1 Å². The minimum Gasteiger partial charge on any atom is -0.370 e. The van der Waals surface area contributed by atoms with Crippen LogP contribution in [0.25, 0.3) is 11.4 Å². The molecule has 7 rings (SSSR count). The minimum absolute atomic E-state index is 0.351. The maximum atomic E-state index is 12.6. The van der Waals surface area contributed by atoms with E-state index in [-0.39, 0.29) is 5.25 Å². The Morgan fingerprint density at radius 2 is 1.77 bits per heavy atom. The predicted octanol–water partition coefficient (Wildman–Crippen LogP) is 2.87. The van der Waals surface area contributed by atoms with E-state index in [1.165, 1.54) is 31.9 Å². The van der Waals surface area contributed by atoms with Crippen molar-refractivity contribution in [3.05, 3.63) is 60.4 Å². The highest BCUT2D eigenvalue weighted by Gasteiger charge is 2.40. The number of aromatic nitrogens is 7. The summed E-state index contributed by atoms with van der Waals surface area (Å²) in [5, 5.41) is 11.3. The second kappa shape index (κ2) is 10.8. The molecule has 1 aliphatic carbocycles. The number of hydrogen-bond acceptors (Lipinski definition) is 10. The van der Waals surface area contributed by atoms with Crippen LogP contribution in [0, 0.1) is 17.3 Å². The molecule has 1 spiro atoms. The van der Waals surface area contributed by atoms with Gasteiger partial charge in [0.05, 0.1) is 46.2 Å². The Morgan fingerprint density at radius 3 is 2.49 bits per heavy atom. The number of nitrogens with zero attached hydrogens (tertiary/aromatic N) is 9. The van der Waals surface area contributed by atoms with Crippen molar-refractivity contribution in [1.82, 2.24) is 38.8 Å². The van der Waals surface area contributed by atoms with Gasteiger partial charge in [-0.05, 0) is 57.2 Å². The summed E-state index contributed by atoms with van der Waals surface area (Å²) in [5.41, 5.74) is 3.69. The molecule has 0 unspecified atom stereocenters. The Kier molecular flexibility index (Phi) is 6.90. The number of rotatable bonds is 6. The number of nitrogens with one attached hydrogen (secondary N) is 1. The molecule has 1 saturated carbocycles. The molecule has 4 aromatic heterocycles. The van der Waals surface area contributed by atoms with E-state index in [0.29, 0.717) is 41.3 Å². The van der Waals surface area contributed by atoms with Crippen LogP contribution in [0.5, 0.6) is 0 Å². The van der Waals surface area contributed by atoms with Crippen molar-refractivity contribution in [3.8, 4) is 23.2 Å². The standard InChI is InChI=1S/C30H34N10O2S/c1-37-12-8-30(21-37)9-13-39(14-10-30)26-15-28(32-17-23(26)4-3-22-16-33-38(2)19-22)35-27-7-11-31-29(36-27)24-18-34-40(20-24)43(41,42)25-5-6-25/h7,11,15-20,25H,5-6,8-10,12-14,21H2,1-2H3,(H,31,32,35,36). The lowest BCUT2D eigenvalue weighted by atomic mass is 9.77. The van der Waals surface area contributed by atoms with Gasteiger partial charge in [0.15, 0.2) is 5.82 Å². The molecule has 43 heavy (non-hydrogen) atoms. The van der Waals surface area contributed by atoms with Gasteiger partial charge in [-0.15, -0.1) is 0 Å². The molecule has 3 aliphatic rings. The molecule has 0 radical (unpaired) electrons. The maximum Gasteiger partial charge on any atom is 0.256 e. The van der Waals surface area contributed by atoms with E-state index >= 15 is 0 Å². The van der Waals surface area contributed by atoms with Crippen molar-refractivity contribution < 1.29 is 8.42 Å². The fraction of sp³-hybridized carbons (Fsp3) is 0.433. The van der Waals surface area contributed by atoms with Gasteiger partial charge in [-0.3, -0.25) is 4.68 Å². The van der Waals surface area contributed by atoms with Crippen molar-refractivity contribution in [1.29, 1.82) is 0 Å². The molecule has 2 aliphatic heterocycles. The average molecular weight is 599 g/mol. The predicted molar refractivity (Wildman–Crippen MR) is 163 cm³/mol. The molecule has 4 aromatic rings. The molecule has 1 N–H and O–H groups in total. The van der Waals surface area contributed by atoms with Crippen molar-refractivity contribution in [2.45, 2.75) is 37.4 Å². The summed E-state index contributed by atoms with van der Waals surface area (Å²) < 4.78 is 27.9. The fourth-order valence-corrected chi connectivity index (χ4v) is 7.54. The number of piperidine rings is 1. The van der Waals surface area contributed by atoms with E-state index in [4.69, 9.17) is 0 Å². The zero-order valence-corrected chi connectivity index (χ0v) is 25.1. The highest BCUT2D eigenvalue weighted by atomic mass is 32.2. The Balaban J connectivity index is 1.14. The lowest BCUT2D eigenvalue weighted by Gasteiger charge is -2.40. The average Bonchev–Trinajstić information content (AvgIpc) is 3.43. The number of aryl methyl sites for hydroxylation is 1. The first-order valence-electron chi connectivity index (χ1n) is 14.6. The van der Waals surface area contributed by atoms with Gasteiger partial charge in [0.1, 0.15) is 11.6 Å². The quantitative estimate of drug-likeness (QED) is 0.331. The molecule has 0 amide bonds. The molecular formula is C30H34N10O2S. The summed E-state index contributed by atoms with van der Waals surface area (Å²) in [4.78, 5) is 18.5. The van der Waals surface area contributed by atoms with Crippen LogP contribution in [0.2, 0.25) is 0 Å². The molecule has 12 nitrogen and oxygen atoms in total. The first-order chi connectivity index (χ1) is 20.8. The zero-order chi connectivity index (χ0) is 29.6. The zero-order valence-electron chi connectivity index (χ0n) is 24.3. The molecular weight excluding hydrogens is 564 g/mol. The highest BCUT2D eigenvalue weighted by molar-refractivity contribution is 7.90. The summed E-state index contributed by atoms with van der Waals surface area (Å²) in [6.45, 7) is 4.26. The minimum atomic E-state index is -3.46. The Bertz CT molecular complexity index is 1820. The van der Waals surface area contributed by atoms with Crippen LogP contribution in [0.1, 0.15) is 43.2 Å². The molecule has 222 valence electrons. The Morgan fingerprint density at radius 1 is 0.953 bits per heavy atom. The van der Waals surface area contributed by atoms with Crippen molar-refractivity contribution in [2.75, 3.05) is 43.4 Å². The van der Waals surface area contributed by atoms with Crippen molar-refractivity contribution in [2.24, 2.45) is 12.5 Å². The summed E-state index contributed by atoms with van der Waals surface area (Å²) in [7, 11) is 0.634. The van der Waals surface area contributed by atoms with Gasteiger partial charge in [-0.25, -0.2) is 23.4 Å². The van der Waals surface area contributed by atoms with Crippen LogP contribution in [0.3, 0.4) is 0 Å². The molecule has 2 saturated heterocycles. The van der Waals surface area contributed by atoms with E-state index in [9.17, 15) is 8.42 Å². The fourth-order valence-electron chi connectivity index (χ4n) is 6.06. The van der Waals surface area contributed by atoms with Gasteiger partial charge in [0.25, 0.3) is 10.0 Å². The SMILES string of the molecule is CN1CCC2(CCN(c3cc(Nc4ccnc(-c5cnn(S(=O)(=O)C6CC6)c5)n4)ncc3C#Cc3cnn(C)c3)CC2)C1. The van der Waals surface area contributed by atoms with E-state index in [1.54, 1.807) is 23.1 Å². The van der Waals surface area contributed by atoms with Crippen LogP contribution in [0.15, 0.2) is 49.3 Å². The molecule has 6 heterocycles. The third kappa shape index (κ3) is 5.72. The second-order valence-corrected chi connectivity index (χ2v) is 14.0. The lowest BCUT2D eigenvalue weighted by molar-refractivity contribution is 0.222. The summed E-state index contributed by atoms with van der Waals surface area (Å²) in [6.07, 6.45) is 15.0. The van der Waals surface area contributed by atoms with Gasteiger partial charge in [-0.2, -0.15) is 14.3 Å². The third-order valence-electron chi connectivity index (χ3n) is 8.66. The molecule has 0 bridgehead atoms. The van der Waals surface area contributed by atoms with Gasteiger partial charge in [0.2, 0.25) is 0 Å². The molecule has 0 atom stereocenters. The molecule has 0 aromatic carbocycles. The van der Waals surface area contributed by atoms with Crippen molar-refractivity contribution in [3.63, 3.8) is 0 Å². The second-order valence-electron chi connectivity index (χ2n) is 12.0. The van der Waals surface area contributed by atoms with Crippen LogP contribution in [-0.2, 0) is 17.1 Å². The summed E-state index contributed by atoms with van der Waals surface area (Å²) in [5.74, 6) is 8.13. The lowest BCUT2D eigenvalue weighted by Crippen LogP contribution is -2.41. The first kappa shape index (κ1) is 27.5. The first-order valence-corrected chi connectivity index (χ1v) is 16.1. The van der Waals surface area contributed by atoms with Gasteiger partial charge in [-0.1, -0.05) is 11.8 Å². The normalized spacial score (nSPS) is 18.5. The number of likely N-dealkylation sites (tertiary alicyclic amines) is 1. The number of hydrogen-bond donors (Lipinski definition) is 1. The smallest absolute Gasteiger partial charge is 0.256 e. The summed E-state index contributed by atoms with van der Waals surface area (Å²) >= 11 is 0. The van der Waals surface area contributed by atoms with E-state index < -0.39 is 10.0 Å². The van der Waals surface area contributed by atoms with Crippen LogP contribution >= 0.6 is 0 Å². The van der Waals surface area contributed by atoms with Crippen LogP contribution in [0.4, 0.5) is 17.3 Å². The monoisotopic (exact) mass is 598 g/mol. The van der Waals surface area contributed by atoms with Gasteiger partial charge in [0, 0.05) is 51.3 Å². The highest BCUT2D eigenvalue weighted by Crippen LogP contribution is 2.41. The van der Waals surface area contributed by atoms with E-state index in [0.717, 1.165) is 46.8 Å². The third-order valence-corrected chi connectivity index (χ3v) is 10.7. The van der Waals surface area contributed by atoms with Crippen molar-refractivity contribution >= 4 is 27.3 Å². The van der Waals surface area contributed by atoms with Gasteiger partial charge >= 0.3 is 0 Å². The Labute approximate surface area is 251 Å². The van der Waals surface area contributed by atoms with Crippen LogP contribution in [-0.4, -0.2) is 85.7 Å². The number of anilines is 3.